The van der Waals surface area contributed by atoms with Gasteiger partial charge in [0.05, 0.1) is 6.26 Å². The lowest BCUT2D eigenvalue weighted by molar-refractivity contribution is -0.119. The molecule has 24 heavy (non-hydrogen) atoms. The van der Waals surface area contributed by atoms with Crippen molar-refractivity contribution in [2.75, 3.05) is 18.6 Å². The van der Waals surface area contributed by atoms with Gasteiger partial charge in [-0.15, -0.1) is 0 Å². The molecule has 0 saturated carbocycles. The first-order valence-electron chi connectivity index (χ1n) is 6.93. The van der Waals surface area contributed by atoms with Crippen LogP contribution < -0.4 is 5.32 Å². The molecule has 2 aromatic rings. The number of amides is 1. The first-order valence-corrected chi connectivity index (χ1v) is 9.54. The van der Waals surface area contributed by atoms with Gasteiger partial charge in [-0.1, -0.05) is 53.5 Å². The molecule has 0 saturated heterocycles. The summed E-state index contributed by atoms with van der Waals surface area (Å²) in [7, 11) is -2.22. The molecule has 5 nitrogen and oxygen atoms in total. The molecule has 0 bridgehead atoms. The standard InChI is InChI=1S/C16H16Cl2N2O3S/c1-20(24(2,22)23)15(11-6-4-3-5-7-11)16(21)19-14-9-12(17)8-13(18)10-14/h3-10,15H,1-2H3,(H,19,21)/t15-/m0/s1. The number of nitrogens with one attached hydrogen (secondary N) is 1. The number of rotatable bonds is 5. The van der Waals surface area contributed by atoms with Crippen LogP contribution in [-0.4, -0.2) is 31.9 Å². The van der Waals surface area contributed by atoms with Crippen LogP contribution >= 0.6 is 23.2 Å². The van der Waals surface area contributed by atoms with E-state index in [2.05, 4.69) is 5.32 Å². The van der Waals surface area contributed by atoms with Crippen LogP contribution in [0.2, 0.25) is 10.0 Å². The van der Waals surface area contributed by atoms with E-state index in [9.17, 15) is 13.2 Å². The van der Waals surface area contributed by atoms with E-state index in [1.54, 1.807) is 30.3 Å². The molecule has 1 atom stereocenters. The third-order valence-corrected chi connectivity index (χ3v) is 5.07. The molecule has 2 aromatic carbocycles. The molecule has 1 amide bonds. The topological polar surface area (TPSA) is 66.5 Å². The first-order chi connectivity index (χ1) is 11.2. The number of carbonyl (C=O) groups excluding carboxylic acids is 1. The van der Waals surface area contributed by atoms with Gasteiger partial charge in [-0.3, -0.25) is 4.79 Å². The summed E-state index contributed by atoms with van der Waals surface area (Å²) in [4.78, 5) is 12.7. The van der Waals surface area contributed by atoms with Crippen molar-refractivity contribution >= 4 is 44.8 Å². The zero-order chi connectivity index (χ0) is 17.9. The molecule has 0 unspecified atom stereocenters. The number of nitrogens with zero attached hydrogens (tertiary/aromatic N) is 1. The molecule has 0 heterocycles. The quantitative estimate of drug-likeness (QED) is 0.853. The van der Waals surface area contributed by atoms with Gasteiger partial charge >= 0.3 is 0 Å². The molecule has 0 aliphatic carbocycles. The number of halogens is 2. The number of sulfonamides is 1. The van der Waals surface area contributed by atoms with Crippen molar-refractivity contribution in [1.29, 1.82) is 0 Å². The lowest BCUT2D eigenvalue weighted by atomic mass is 10.1. The summed E-state index contributed by atoms with van der Waals surface area (Å²) in [6.07, 6.45) is 1.05. The molecule has 0 aliphatic heterocycles. The van der Waals surface area contributed by atoms with Crippen LogP contribution in [0.1, 0.15) is 11.6 Å². The molecule has 1 N–H and O–H groups in total. The maximum Gasteiger partial charge on any atom is 0.247 e. The van der Waals surface area contributed by atoms with E-state index < -0.39 is 22.0 Å². The number of hydrogen-bond donors (Lipinski definition) is 1. The molecular formula is C16H16Cl2N2O3S. The molecular weight excluding hydrogens is 371 g/mol. The van der Waals surface area contributed by atoms with Crippen molar-refractivity contribution in [3.63, 3.8) is 0 Å². The van der Waals surface area contributed by atoms with E-state index in [1.807, 2.05) is 0 Å². The Morgan fingerprint density at radius 2 is 1.62 bits per heavy atom. The number of benzene rings is 2. The maximum atomic E-state index is 12.7. The number of anilines is 1. The summed E-state index contributed by atoms with van der Waals surface area (Å²) in [6, 6.07) is 12.2. The van der Waals surface area contributed by atoms with Crippen LogP contribution in [0.3, 0.4) is 0 Å². The van der Waals surface area contributed by atoms with Gasteiger partial charge in [0.1, 0.15) is 6.04 Å². The van der Waals surface area contributed by atoms with E-state index in [0.717, 1.165) is 10.6 Å². The van der Waals surface area contributed by atoms with Crippen LogP contribution in [0, 0.1) is 0 Å². The summed E-state index contributed by atoms with van der Waals surface area (Å²) in [5.74, 6) is -0.507. The zero-order valence-corrected chi connectivity index (χ0v) is 15.4. The fourth-order valence-electron chi connectivity index (χ4n) is 2.19. The van der Waals surface area contributed by atoms with Gasteiger partial charge in [-0.05, 0) is 23.8 Å². The molecule has 8 heteroatoms. The summed E-state index contributed by atoms with van der Waals surface area (Å²) in [6.45, 7) is 0. The minimum absolute atomic E-state index is 0.366. The van der Waals surface area contributed by atoms with E-state index in [4.69, 9.17) is 23.2 Å². The Bertz CT molecular complexity index is 821. The predicted octanol–water partition coefficient (Wildman–Crippen LogP) is 3.56. The average molecular weight is 387 g/mol. The smallest absolute Gasteiger partial charge is 0.247 e. The van der Waals surface area contributed by atoms with Gasteiger partial charge in [0.2, 0.25) is 15.9 Å². The molecule has 128 valence electrons. The molecule has 2 rings (SSSR count). The highest BCUT2D eigenvalue weighted by Gasteiger charge is 2.30. The maximum absolute atomic E-state index is 12.7. The summed E-state index contributed by atoms with van der Waals surface area (Å²) in [5.41, 5.74) is 0.941. The van der Waals surface area contributed by atoms with Gasteiger partial charge in [0.25, 0.3) is 0 Å². The largest absolute Gasteiger partial charge is 0.324 e. The molecule has 0 aliphatic rings. The second kappa shape index (κ2) is 7.53. The molecule has 0 aromatic heterocycles. The Labute approximate surface area is 151 Å². The Morgan fingerprint density at radius 3 is 2.12 bits per heavy atom. The molecule has 0 fully saturated rings. The number of likely N-dealkylation sites (N-methyl/N-ethyl adjacent to an activating group) is 1. The van der Waals surface area contributed by atoms with Crippen LogP contribution in [0.15, 0.2) is 48.5 Å². The van der Waals surface area contributed by atoms with E-state index >= 15 is 0 Å². The number of hydrogen-bond acceptors (Lipinski definition) is 3. The second-order valence-corrected chi connectivity index (χ2v) is 8.15. The highest BCUT2D eigenvalue weighted by molar-refractivity contribution is 7.88. The minimum Gasteiger partial charge on any atom is -0.324 e. The summed E-state index contributed by atoms with van der Waals surface area (Å²) in [5, 5.41) is 3.39. The normalized spacial score (nSPS) is 12.9. The van der Waals surface area contributed by atoms with Gasteiger partial charge in [0, 0.05) is 22.8 Å². The van der Waals surface area contributed by atoms with Crippen molar-refractivity contribution < 1.29 is 13.2 Å². The van der Waals surface area contributed by atoms with Crippen LogP contribution in [0.5, 0.6) is 0 Å². The Balaban J connectivity index is 2.38. The summed E-state index contributed by atoms with van der Waals surface area (Å²) >= 11 is 11.8. The van der Waals surface area contributed by atoms with Crippen LogP contribution in [-0.2, 0) is 14.8 Å². The Kier molecular flexibility index (Phi) is 5.87. The third kappa shape index (κ3) is 4.70. The van der Waals surface area contributed by atoms with Crippen LogP contribution in [0.4, 0.5) is 5.69 Å². The minimum atomic E-state index is -3.58. The lowest BCUT2D eigenvalue weighted by Crippen LogP contribution is -2.38. The van der Waals surface area contributed by atoms with Gasteiger partial charge in [-0.2, -0.15) is 4.31 Å². The first kappa shape index (κ1) is 18.7. The van der Waals surface area contributed by atoms with Gasteiger partial charge in [0.15, 0.2) is 0 Å². The predicted molar refractivity (Wildman–Crippen MR) is 96.9 cm³/mol. The highest BCUT2D eigenvalue weighted by Crippen LogP contribution is 2.26. The van der Waals surface area contributed by atoms with Gasteiger partial charge < -0.3 is 5.32 Å². The Morgan fingerprint density at radius 1 is 1.08 bits per heavy atom. The van der Waals surface area contributed by atoms with E-state index in [1.165, 1.54) is 25.2 Å². The number of carbonyl (C=O) groups is 1. The Hall–Kier alpha value is -1.60. The van der Waals surface area contributed by atoms with Crippen molar-refractivity contribution in [2.45, 2.75) is 6.04 Å². The van der Waals surface area contributed by atoms with Crippen molar-refractivity contribution in [3.05, 3.63) is 64.1 Å². The monoisotopic (exact) mass is 386 g/mol. The lowest BCUT2D eigenvalue weighted by Gasteiger charge is -2.25. The van der Waals surface area contributed by atoms with Crippen molar-refractivity contribution in [2.24, 2.45) is 0 Å². The van der Waals surface area contributed by atoms with Gasteiger partial charge in [-0.25, -0.2) is 8.42 Å². The fourth-order valence-corrected chi connectivity index (χ4v) is 3.32. The van der Waals surface area contributed by atoms with Crippen molar-refractivity contribution in [3.8, 4) is 0 Å². The zero-order valence-electron chi connectivity index (χ0n) is 13.0. The molecule has 0 radical (unpaired) electrons. The highest BCUT2D eigenvalue weighted by atomic mass is 35.5. The van der Waals surface area contributed by atoms with E-state index in [0.29, 0.717) is 21.3 Å². The second-order valence-electron chi connectivity index (χ2n) is 5.24. The van der Waals surface area contributed by atoms with Crippen molar-refractivity contribution in [1.82, 2.24) is 4.31 Å². The third-order valence-electron chi connectivity index (χ3n) is 3.38. The molecule has 0 spiro atoms. The van der Waals surface area contributed by atoms with E-state index in [-0.39, 0.29) is 0 Å². The summed E-state index contributed by atoms with van der Waals surface area (Å²) < 4.78 is 24.8. The SMILES string of the molecule is CN([C@H](C(=O)Nc1cc(Cl)cc(Cl)c1)c1ccccc1)S(C)(=O)=O. The van der Waals surface area contributed by atoms with Crippen LogP contribution in [0.25, 0.3) is 0 Å². The average Bonchev–Trinajstić information content (AvgIpc) is 2.46. The fraction of sp³-hybridized carbons (Fsp3) is 0.188.